The summed E-state index contributed by atoms with van der Waals surface area (Å²) in [5.41, 5.74) is 2.45. The smallest absolute Gasteiger partial charge is 0.246 e. The first-order valence-corrected chi connectivity index (χ1v) is 10.1. The Labute approximate surface area is 182 Å². The SMILES string of the molecule is COc1ccc(NC(C)=O)cc1NC(=O)C(C)Nc1ccc(NC(=O)CC(C)C)cc1. The summed E-state index contributed by atoms with van der Waals surface area (Å²) < 4.78 is 5.29. The lowest BCUT2D eigenvalue weighted by atomic mass is 10.1. The van der Waals surface area contributed by atoms with E-state index in [9.17, 15) is 14.4 Å². The van der Waals surface area contributed by atoms with Gasteiger partial charge in [-0.25, -0.2) is 0 Å². The van der Waals surface area contributed by atoms with Crippen LogP contribution in [0.1, 0.15) is 34.1 Å². The summed E-state index contributed by atoms with van der Waals surface area (Å²) in [4.78, 5) is 35.8. The Morgan fingerprint density at radius 3 is 2.06 bits per heavy atom. The number of carbonyl (C=O) groups is 3. The molecule has 0 aliphatic rings. The van der Waals surface area contributed by atoms with Crippen molar-refractivity contribution in [2.75, 3.05) is 28.4 Å². The molecule has 31 heavy (non-hydrogen) atoms. The van der Waals surface area contributed by atoms with E-state index in [0.29, 0.717) is 29.2 Å². The Balaban J connectivity index is 1.99. The number of hydrogen-bond donors (Lipinski definition) is 4. The lowest BCUT2D eigenvalue weighted by Crippen LogP contribution is -2.32. The summed E-state index contributed by atoms with van der Waals surface area (Å²) in [5.74, 6) is 0.266. The van der Waals surface area contributed by atoms with Crippen LogP contribution in [-0.4, -0.2) is 30.9 Å². The third-order valence-corrected chi connectivity index (χ3v) is 4.32. The Bertz CT molecular complexity index is 926. The van der Waals surface area contributed by atoms with E-state index in [2.05, 4.69) is 21.3 Å². The largest absolute Gasteiger partial charge is 0.495 e. The van der Waals surface area contributed by atoms with Gasteiger partial charge in [0.2, 0.25) is 17.7 Å². The van der Waals surface area contributed by atoms with E-state index in [-0.39, 0.29) is 23.6 Å². The minimum atomic E-state index is -0.546. The fourth-order valence-electron chi connectivity index (χ4n) is 2.88. The van der Waals surface area contributed by atoms with Gasteiger partial charge in [0, 0.05) is 30.4 Å². The highest BCUT2D eigenvalue weighted by Crippen LogP contribution is 2.28. The standard InChI is InChI=1S/C23H30N4O4/c1-14(2)12-22(29)26-18-8-6-17(7-9-18)24-15(3)23(30)27-20-13-19(25-16(4)28)10-11-21(20)31-5/h6-11,13-15,24H,12H2,1-5H3,(H,25,28)(H,26,29)(H,27,30). The molecular weight excluding hydrogens is 396 g/mol. The highest BCUT2D eigenvalue weighted by molar-refractivity contribution is 5.99. The molecule has 0 heterocycles. The molecule has 1 unspecified atom stereocenters. The molecule has 0 aliphatic carbocycles. The molecule has 0 aromatic heterocycles. The van der Waals surface area contributed by atoms with Crippen molar-refractivity contribution >= 4 is 40.5 Å². The van der Waals surface area contributed by atoms with Gasteiger partial charge < -0.3 is 26.0 Å². The average Bonchev–Trinajstić information content (AvgIpc) is 2.68. The van der Waals surface area contributed by atoms with Crippen LogP contribution in [0.3, 0.4) is 0 Å². The van der Waals surface area contributed by atoms with Crippen LogP contribution in [0.2, 0.25) is 0 Å². The lowest BCUT2D eigenvalue weighted by Gasteiger charge is -2.18. The zero-order chi connectivity index (χ0) is 23.0. The van der Waals surface area contributed by atoms with Crippen molar-refractivity contribution in [1.29, 1.82) is 0 Å². The molecular formula is C23H30N4O4. The molecule has 4 N–H and O–H groups in total. The minimum absolute atomic E-state index is 0.0288. The van der Waals surface area contributed by atoms with Crippen LogP contribution in [0, 0.1) is 5.92 Å². The van der Waals surface area contributed by atoms with Gasteiger partial charge in [-0.2, -0.15) is 0 Å². The molecule has 0 fully saturated rings. The monoisotopic (exact) mass is 426 g/mol. The van der Waals surface area contributed by atoms with E-state index < -0.39 is 6.04 Å². The zero-order valence-electron chi connectivity index (χ0n) is 18.5. The van der Waals surface area contributed by atoms with Crippen LogP contribution < -0.4 is 26.0 Å². The van der Waals surface area contributed by atoms with Crippen molar-refractivity contribution in [2.24, 2.45) is 5.92 Å². The zero-order valence-corrected chi connectivity index (χ0v) is 18.5. The van der Waals surface area contributed by atoms with Gasteiger partial charge in [0.15, 0.2) is 0 Å². The second-order valence-corrected chi connectivity index (χ2v) is 7.68. The van der Waals surface area contributed by atoms with E-state index >= 15 is 0 Å². The van der Waals surface area contributed by atoms with Gasteiger partial charge in [-0.1, -0.05) is 13.8 Å². The number of carbonyl (C=O) groups excluding carboxylic acids is 3. The second kappa shape index (κ2) is 11.0. The molecule has 2 aromatic rings. The summed E-state index contributed by atoms with van der Waals surface area (Å²) in [7, 11) is 1.51. The third kappa shape index (κ3) is 7.65. The number of nitrogens with one attached hydrogen (secondary N) is 4. The first kappa shape index (κ1) is 23.7. The van der Waals surface area contributed by atoms with Crippen LogP contribution in [-0.2, 0) is 14.4 Å². The fraction of sp³-hybridized carbons (Fsp3) is 0.348. The van der Waals surface area contributed by atoms with E-state index in [1.54, 1.807) is 49.4 Å². The number of amides is 3. The second-order valence-electron chi connectivity index (χ2n) is 7.68. The summed E-state index contributed by atoms with van der Waals surface area (Å²) in [5, 5.41) is 11.5. The predicted octanol–water partition coefficient (Wildman–Crippen LogP) is 4.08. The maximum atomic E-state index is 12.7. The predicted molar refractivity (Wildman–Crippen MR) is 124 cm³/mol. The topological polar surface area (TPSA) is 109 Å². The van der Waals surface area contributed by atoms with E-state index in [0.717, 1.165) is 5.69 Å². The van der Waals surface area contributed by atoms with Gasteiger partial charge in [-0.3, -0.25) is 14.4 Å². The van der Waals surface area contributed by atoms with E-state index in [1.165, 1.54) is 14.0 Å². The highest BCUT2D eigenvalue weighted by atomic mass is 16.5. The quantitative estimate of drug-likeness (QED) is 0.483. The van der Waals surface area contributed by atoms with Crippen molar-refractivity contribution < 1.29 is 19.1 Å². The van der Waals surface area contributed by atoms with Crippen LogP contribution in [0.25, 0.3) is 0 Å². The van der Waals surface area contributed by atoms with Gasteiger partial charge in [-0.05, 0) is 55.3 Å². The molecule has 0 radical (unpaired) electrons. The Kier molecular flexibility index (Phi) is 8.43. The summed E-state index contributed by atoms with van der Waals surface area (Å²) >= 11 is 0. The number of rotatable bonds is 9. The molecule has 3 amide bonds. The van der Waals surface area contributed by atoms with E-state index in [4.69, 9.17) is 4.74 Å². The number of methoxy groups -OCH3 is 1. The third-order valence-electron chi connectivity index (χ3n) is 4.32. The van der Waals surface area contributed by atoms with Crippen molar-refractivity contribution in [3.05, 3.63) is 42.5 Å². The van der Waals surface area contributed by atoms with Gasteiger partial charge in [0.1, 0.15) is 11.8 Å². The Morgan fingerprint density at radius 2 is 1.48 bits per heavy atom. The maximum absolute atomic E-state index is 12.7. The highest BCUT2D eigenvalue weighted by Gasteiger charge is 2.16. The normalized spacial score (nSPS) is 11.4. The van der Waals surface area contributed by atoms with Crippen molar-refractivity contribution in [3.63, 3.8) is 0 Å². The minimum Gasteiger partial charge on any atom is -0.495 e. The molecule has 2 rings (SSSR count). The molecule has 8 heteroatoms. The molecule has 0 saturated heterocycles. The molecule has 8 nitrogen and oxygen atoms in total. The van der Waals surface area contributed by atoms with Gasteiger partial charge >= 0.3 is 0 Å². The van der Waals surface area contributed by atoms with Gasteiger partial charge in [-0.15, -0.1) is 0 Å². The molecule has 0 saturated carbocycles. The number of ether oxygens (including phenoxy) is 1. The van der Waals surface area contributed by atoms with Gasteiger partial charge in [0.05, 0.1) is 12.8 Å². The van der Waals surface area contributed by atoms with Crippen molar-refractivity contribution in [2.45, 2.75) is 40.2 Å². The molecule has 166 valence electrons. The maximum Gasteiger partial charge on any atom is 0.246 e. The summed E-state index contributed by atoms with van der Waals surface area (Å²) in [6.07, 6.45) is 0.462. The first-order chi connectivity index (χ1) is 14.7. The molecule has 0 bridgehead atoms. The molecule has 2 aromatic carbocycles. The first-order valence-electron chi connectivity index (χ1n) is 10.1. The lowest BCUT2D eigenvalue weighted by molar-refractivity contribution is -0.117. The number of benzene rings is 2. The molecule has 1 atom stereocenters. The molecule has 0 spiro atoms. The van der Waals surface area contributed by atoms with Crippen LogP contribution in [0.5, 0.6) is 5.75 Å². The van der Waals surface area contributed by atoms with Crippen LogP contribution >= 0.6 is 0 Å². The molecule has 0 aliphatic heterocycles. The number of hydrogen-bond acceptors (Lipinski definition) is 5. The van der Waals surface area contributed by atoms with E-state index in [1.807, 2.05) is 13.8 Å². The number of anilines is 4. The van der Waals surface area contributed by atoms with Crippen molar-refractivity contribution in [3.8, 4) is 5.75 Å². The van der Waals surface area contributed by atoms with Crippen molar-refractivity contribution in [1.82, 2.24) is 0 Å². The fourth-order valence-corrected chi connectivity index (χ4v) is 2.88. The summed E-state index contributed by atoms with van der Waals surface area (Å²) in [6.45, 7) is 7.13. The summed E-state index contributed by atoms with van der Waals surface area (Å²) in [6, 6.07) is 11.6. The Morgan fingerprint density at radius 1 is 0.871 bits per heavy atom. The van der Waals surface area contributed by atoms with Crippen LogP contribution in [0.4, 0.5) is 22.7 Å². The average molecular weight is 427 g/mol. The Hall–Kier alpha value is -3.55. The van der Waals surface area contributed by atoms with Crippen LogP contribution in [0.15, 0.2) is 42.5 Å². The van der Waals surface area contributed by atoms with Gasteiger partial charge in [0.25, 0.3) is 0 Å².